The summed E-state index contributed by atoms with van der Waals surface area (Å²) < 4.78 is 0.743. The zero-order valence-electron chi connectivity index (χ0n) is 15.4. The Labute approximate surface area is 181 Å². The molecule has 2 aromatic carbocycles. The number of carbonyl (C=O) groups excluding carboxylic acids is 2. The molecule has 1 aliphatic heterocycles. The van der Waals surface area contributed by atoms with Crippen LogP contribution in [0.4, 0.5) is 5.69 Å². The highest BCUT2D eigenvalue weighted by Crippen LogP contribution is 2.44. The minimum absolute atomic E-state index is 0.306. The number of fused-ring (bicyclic) bond motifs is 1. The number of thiophene rings is 1. The molecule has 0 bridgehead atoms. The zero-order chi connectivity index (χ0) is 20.4. The number of rotatable bonds is 6. The molecule has 1 atom stereocenters. The lowest BCUT2D eigenvalue weighted by molar-refractivity contribution is -0.140. The van der Waals surface area contributed by atoms with E-state index in [4.69, 9.17) is 0 Å². The van der Waals surface area contributed by atoms with Crippen molar-refractivity contribution in [2.75, 3.05) is 4.90 Å². The minimum Gasteiger partial charge on any atom is -0.375 e. The molecule has 6 heteroatoms. The third-order valence-electron chi connectivity index (χ3n) is 4.88. The highest BCUT2D eigenvalue weighted by Gasteiger charge is 2.50. The monoisotopic (exact) mass is 467 g/mol. The van der Waals surface area contributed by atoms with Crippen molar-refractivity contribution in [3.05, 3.63) is 92.6 Å². The van der Waals surface area contributed by atoms with Gasteiger partial charge in [0.2, 0.25) is 0 Å². The number of nitrogens with zero attached hydrogens (tertiary/aromatic N) is 1. The maximum Gasteiger partial charge on any atom is 0.264 e. The number of benzene rings is 2. The third kappa shape index (κ3) is 3.96. The fourth-order valence-corrected chi connectivity index (χ4v) is 4.53. The first-order valence-electron chi connectivity index (χ1n) is 9.10. The number of halogens is 1. The summed E-state index contributed by atoms with van der Waals surface area (Å²) >= 11 is 4.95. The summed E-state index contributed by atoms with van der Waals surface area (Å²) in [7, 11) is 0. The van der Waals surface area contributed by atoms with Crippen LogP contribution >= 0.6 is 27.3 Å². The molecule has 2 heterocycles. The standard InChI is InChI=1S/C23H18BrNO3S/c24-17-9-11-21-20(13-17)23(28,22(27)25(21)15-19-7-4-12-29-19)14-18(26)10-8-16-5-2-1-3-6-16/h1-13,28H,14-15H2/b10-8+. The number of ketones is 1. The van der Waals surface area contributed by atoms with E-state index in [2.05, 4.69) is 15.9 Å². The molecule has 4 rings (SSSR count). The molecule has 1 amide bonds. The summed E-state index contributed by atoms with van der Waals surface area (Å²) in [4.78, 5) is 28.4. The van der Waals surface area contributed by atoms with Gasteiger partial charge in [-0.05, 0) is 41.3 Å². The summed E-state index contributed by atoms with van der Waals surface area (Å²) in [6.07, 6.45) is 2.80. The topological polar surface area (TPSA) is 57.6 Å². The van der Waals surface area contributed by atoms with E-state index < -0.39 is 11.5 Å². The first kappa shape index (κ1) is 19.8. The van der Waals surface area contributed by atoms with Crippen LogP contribution in [0.25, 0.3) is 6.08 Å². The normalized spacial score (nSPS) is 18.4. The lowest BCUT2D eigenvalue weighted by Crippen LogP contribution is -2.41. The highest BCUT2D eigenvalue weighted by molar-refractivity contribution is 9.10. The molecular formula is C23H18BrNO3S. The summed E-state index contributed by atoms with van der Waals surface area (Å²) in [5.41, 5.74) is 0.0889. The maximum absolute atomic E-state index is 13.2. The fraction of sp³-hybridized carbons (Fsp3) is 0.130. The Balaban J connectivity index is 1.63. The molecule has 0 radical (unpaired) electrons. The summed E-state index contributed by atoms with van der Waals surface area (Å²) in [6.45, 7) is 0.363. The van der Waals surface area contributed by atoms with Gasteiger partial charge >= 0.3 is 0 Å². The van der Waals surface area contributed by atoms with E-state index in [0.29, 0.717) is 17.8 Å². The van der Waals surface area contributed by atoms with E-state index in [9.17, 15) is 14.7 Å². The van der Waals surface area contributed by atoms with Crippen molar-refractivity contribution >= 4 is 50.7 Å². The van der Waals surface area contributed by atoms with E-state index in [1.165, 1.54) is 6.08 Å². The molecule has 0 aliphatic carbocycles. The van der Waals surface area contributed by atoms with Gasteiger partial charge < -0.3 is 10.0 Å². The SMILES string of the molecule is O=C(/C=C/c1ccccc1)CC1(O)C(=O)N(Cc2cccs2)c2ccc(Br)cc21. The van der Waals surface area contributed by atoms with Gasteiger partial charge in [0.15, 0.2) is 11.4 Å². The largest absolute Gasteiger partial charge is 0.375 e. The van der Waals surface area contributed by atoms with Crippen LogP contribution in [0.2, 0.25) is 0 Å². The Morgan fingerprint density at radius 1 is 1.14 bits per heavy atom. The van der Waals surface area contributed by atoms with Crippen molar-refractivity contribution < 1.29 is 14.7 Å². The maximum atomic E-state index is 13.2. The second-order valence-electron chi connectivity index (χ2n) is 6.88. The first-order valence-corrected chi connectivity index (χ1v) is 10.8. The van der Waals surface area contributed by atoms with Gasteiger partial charge in [0.25, 0.3) is 5.91 Å². The Morgan fingerprint density at radius 3 is 2.66 bits per heavy atom. The molecule has 146 valence electrons. The molecule has 4 nitrogen and oxygen atoms in total. The van der Waals surface area contributed by atoms with Gasteiger partial charge in [0.05, 0.1) is 18.7 Å². The molecule has 0 saturated carbocycles. The summed E-state index contributed by atoms with van der Waals surface area (Å²) in [5.74, 6) is -0.783. The number of anilines is 1. The number of amides is 1. The van der Waals surface area contributed by atoms with Crippen LogP contribution < -0.4 is 4.90 Å². The van der Waals surface area contributed by atoms with Crippen LogP contribution in [0.1, 0.15) is 22.4 Å². The van der Waals surface area contributed by atoms with Crippen LogP contribution in [-0.4, -0.2) is 16.8 Å². The number of carbonyl (C=O) groups is 2. The average Bonchev–Trinajstić information content (AvgIpc) is 3.30. The Morgan fingerprint density at radius 2 is 1.93 bits per heavy atom. The fourth-order valence-electron chi connectivity index (χ4n) is 3.47. The Kier molecular flexibility index (Phi) is 5.50. The van der Waals surface area contributed by atoms with Gasteiger partial charge in [-0.3, -0.25) is 9.59 Å². The van der Waals surface area contributed by atoms with E-state index in [1.54, 1.807) is 34.4 Å². The molecular weight excluding hydrogens is 450 g/mol. The average molecular weight is 468 g/mol. The van der Waals surface area contributed by atoms with Gasteiger partial charge in [-0.15, -0.1) is 11.3 Å². The summed E-state index contributed by atoms with van der Waals surface area (Å²) in [6, 6.07) is 18.6. The first-order chi connectivity index (χ1) is 14.0. The number of hydrogen-bond donors (Lipinski definition) is 1. The smallest absolute Gasteiger partial charge is 0.264 e. The van der Waals surface area contributed by atoms with Crippen molar-refractivity contribution in [3.63, 3.8) is 0 Å². The number of aliphatic hydroxyl groups is 1. The quantitative estimate of drug-likeness (QED) is 0.523. The van der Waals surface area contributed by atoms with Gasteiger partial charge in [-0.25, -0.2) is 0 Å². The van der Waals surface area contributed by atoms with Crippen molar-refractivity contribution in [1.82, 2.24) is 0 Å². The van der Waals surface area contributed by atoms with E-state index in [0.717, 1.165) is 14.9 Å². The Bertz CT molecular complexity index is 1080. The van der Waals surface area contributed by atoms with Crippen molar-refractivity contribution in [2.24, 2.45) is 0 Å². The van der Waals surface area contributed by atoms with E-state index in [-0.39, 0.29) is 12.2 Å². The molecule has 29 heavy (non-hydrogen) atoms. The molecule has 1 aliphatic rings. The van der Waals surface area contributed by atoms with Crippen LogP contribution in [0.5, 0.6) is 0 Å². The zero-order valence-corrected chi connectivity index (χ0v) is 17.8. The van der Waals surface area contributed by atoms with Crippen LogP contribution in [0.15, 0.2) is 76.6 Å². The van der Waals surface area contributed by atoms with Crippen molar-refractivity contribution in [3.8, 4) is 0 Å². The second kappa shape index (κ2) is 8.06. The van der Waals surface area contributed by atoms with Crippen molar-refractivity contribution in [1.29, 1.82) is 0 Å². The highest BCUT2D eigenvalue weighted by atomic mass is 79.9. The molecule has 1 N–H and O–H groups in total. The van der Waals surface area contributed by atoms with Gasteiger partial charge in [-0.1, -0.05) is 58.4 Å². The molecule has 0 saturated heterocycles. The predicted molar refractivity (Wildman–Crippen MR) is 119 cm³/mol. The second-order valence-corrected chi connectivity index (χ2v) is 8.83. The van der Waals surface area contributed by atoms with Gasteiger partial charge in [0, 0.05) is 14.9 Å². The van der Waals surface area contributed by atoms with E-state index >= 15 is 0 Å². The van der Waals surface area contributed by atoms with Crippen molar-refractivity contribution in [2.45, 2.75) is 18.6 Å². The lowest BCUT2D eigenvalue weighted by Gasteiger charge is -2.22. The molecule has 1 aromatic heterocycles. The third-order valence-corrected chi connectivity index (χ3v) is 6.23. The number of allylic oxidation sites excluding steroid dienone is 1. The van der Waals surface area contributed by atoms with Crippen LogP contribution in [0, 0.1) is 0 Å². The van der Waals surface area contributed by atoms with Gasteiger partial charge in [0.1, 0.15) is 0 Å². The van der Waals surface area contributed by atoms with Gasteiger partial charge in [-0.2, -0.15) is 0 Å². The summed E-state index contributed by atoms with van der Waals surface area (Å²) in [5, 5.41) is 13.3. The minimum atomic E-state index is -1.88. The molecule has 0 fully saturated rings. The predicted octanol–water partition coefficient (Wildman–Crippen LogP) is 4.92. The van der Waals surface area contributed by atoms with E-state index in [1.807, 2.05) is 53.9 Å². The van der Waals surface area contributed by atoms with Crippen LogP contribution in [-0.2, 0) is 21.7 Å². The lowest BCUT2D eigenvalue weighted by atomic mass is 9.89. The molecule has 1 unspecified atom stereocenters. The molecule has 0 spiro atoms. The Hall–Kier alpha value is -2.54. The number of hydrogen-bond acceptors (Lipinski definition) is 4. The van der Waals surface area contributed by atoms with Crippen LogP contribution in [0.3, 0.4) is 0 Å². The molecule has 3 aromatic rings.